The number of hydrogen-bond donors (Lipinski definition) is 1. The Bertz CT molecular complexity index is 396. The molecule has 2 aliphatic rings. The largest absolute Gasteiger partial charge is 0.385 e. The van der Waals surface area contributed by atoms with Crippen LogP contribution in [0.25, 0.3) is 0 Å². The molecule has 2 fully saturated rings. The van der Waals surface area contributed by atoms with Crippen molar-refractivity contribution in [2.45, 2.75) is 56.1 Å². The highest BCUT2D eigenvalue weighted by molar-refractivity contribution is 5.29. The second-order valence-corrected chi connectivity index (χ2v) is 5.82. The van der Waals surface area contributed by atoms with Crippen LogP contribution in [0.2, 0.25) is 0 Å². The molecule has 0 aromatic heterocycles. The monoisotopic (exact) mass is 246 g/mol. The van der Waals surface area contributed by atoms with E-state index in [0.29, 0.717) is 0 Å². The molecular weight excluding hydrogens is 224 g/mol. The third-order valence-corrected chi connectivity index (χ3v) is 4.93. The molecule has 2 nitrogen and oxygen atoms in total. The van der Waals surface area contributed by atoms with E-state index >= 15 is 0 Å². The summed E-state index contributed by atoms with van der Waals surface area (Å²) < 4.78 is 5.55. The molecule has 0 amide bonds. The van der Waals surface area contributed by atoms with E-state index in [2.05, 4.69) is 24.3 Å². The molecule has 0 aliphatic heterocycles. The van der Waals surface area contributed by atoms with Gasteiger partial charge in [-0.25, -0.2) is 0 Å². The maximum Gasteiger partial charge on any atom is 0.108 e. The highest BCUT2D eigenvalue weighted by Crippen LogP contribution is 2.45. The number of methoxy groups -OCH3 is 1. The average molecular weight is 246 g/mol. The molecule has 2 saturated carbocycles. The van der Waals surface area contributed by atoms with Crippen molar-refractivity contribution in [3.05, 3.63) is 35.4 Å². The highest BCUT2D eigenvalue weighted by atomic mass is 16.5. The van der Waals surface area contributed by atoms with Gasteiger partial charge in [0.15, 0.2) is 0 Å². The van der Waals surface area contributed by atoms with E-state index in [1.54, 1.807) is 7.11 Å². The minimum atomic E-state index is -0.480. The van der Waals surface area contributed by atoms with Gasteiger partial charge in [-0.05, 0) is 49.1 Å². The Morgan fingerprint density at radius 1 is 1.17 bits per heavy atom. The van der Waals surface area contributed by atoms with Gasteiger partial charge in [-0.2, -0.15) is 0 Å². The number of benzene rings is 1. The van der Waals surface area contributed by atoms with Crippen molar-refractivity contribution in [3.63, 3.8) is 0 Å². The molecule has 1 aromatic carbocycles. The molecule has 0 radical (unpaired) electrons. The molecule has 0 spiro atoms. The number of aliphatic hydroxyl groups is 1. The van der Waals surface area contributed by atoms with Gasteiger partial charge >= 0.3 is 0 Å². The van der Waals surface area contributed by atoms with Crippen molar-refractivity contribution in [1.29, 1.82) is 0 Å². The van der Waals surface area contributed by atoms with Crippen molar-refractivity contribution in [2.24, 2.45) is 0 Å². The molecule has 1 N–H and O–H groups in total. The predicted octanol–water partition coefficient (Wildman–Crippen LogP) is 3.56. The summed E-state index contributed by atoms with van der Waals surface area (Å²) in [6, 6.07) is 8.53. The first kappa shape index (κ1) is 12.2. The van der Waals surface area contributed by atoms with Crippen LogP contribution < -0.4 is 0 Å². The van der Waals surface area contributed by atoms with Gasteiger partial charge in [0.2, 0.25) is 0 Å². The standard InChI is InChI=1S/C16H22O2/c1-18-16(10-3-11-16)15(17)14-8-6-13(7-9-14)12-4-2-5-12/h6-9,12,15,17H,2-5,10-11H2,1H3. The molecule has 1 atom stereocenters. The summed E-state index contributed by atoms with van der Waals surface area (Å²) in [5.41, 5.74) is 2.11. The van der Waals surface area contributed by atoms with Gasteiger partial charge in [0.25, 0.3) is 0 Å². The lowest BCUT2D eigenvalue weighted by Gasteiger charge is -2.44. The molecule has 1 aromatic rings. The van der Waals surface area contributed by atoms with Crippen LogP contribution in [0, 0.1) is 0 Å². The van der Waals surface area contributed by atoms with Gasteiger partial charge in [-0.3, -0.25) is 0 Å². The summed E-state index contributed by atoms with van der Waals surface area (Å²) in [6.45, 7) is 0. The number of ether oxygens (including phenoxy) is 1. The molecule has 18 heavy (non-hydrogen) atoms. The van der Waals surface area contributed by atoms with Crippen LogP contribution in [0.3, 0.4) is 0 Å². The van der Waals surface area contributed by atoms with Crippen molar-refractivity contribution in [1.82, 2.24) is 0 Å². The topological polar surface area (TPSA) is 29.5 Å². The molecule has 2 aliphatic carbocycles. The Kier molecular flexibility index (Phi) is 3.16. The third kappa shape index (κ3) is 1.88. The second-order valence-electron chi connectivity index (χ2n) is 5.82. The van der Waals surface area contributed by atoms with Crippen LogP contribution in [0.4, 0.5) is 0 Å². The first-order chi connectivity index (χ1) is 8.75. The molecule has 3 rings (SSSR count). The number of rotatable bonds is 4. The lowest BCUT2D eigenvalue weighted by Crippen LogP contribution is -2.45. The molecule has 0 heterocycles. The first-order valence-electron chi connectivity index (χ1n) is 7.08. The quantitative estimate of drug-likeness (QED) is 0.880. The maximum atomic E-state index is 10.5. The van der Waals surface area contributed by atoms with Crippen LogP contribution >= 0.6 is 0 Å². The van der Waals surface area contributed by atoms with Crippen molar-refractivity contribution < 1.29 is 9.84 Å². The number of hydrogen-bond acceptors (Lipinski definition) is 2. The number of aliphatic hydroxyl groups excluding tert-OH is 1. The Morgan fingerprint density at radius 3 is 2.22 bits per heavy atom. The fourth-order valence-electron chi connectivity index (χ4n) is 3.11. The summed E-state index contributed by atoms with van der Waals surface area (Å²) in [4.78, 5) is 0. The fourth-order valence-corrected chi connectivity index (χ4v) is 3.11. The molecule has 98 valence electrons. The van der Waals surface area contributed by atoms with E-state index in [0.717, 1.165) is 30.7 Å². The van der Waals surface area contributed by atoms with Crippen LogP contribution in [-0.2, 0) is 4.74 Å². The van der Waals surface area contributed by atoms with E-state index in [1.807, 2.05) is 0 Å². The SMILES string of the molecule is COC1(C(O)c2ccc(C3CCC3)cc2)CCC1. The van der Waals surface area contributed by atoms with Crippen molar-refractivity contribution in [3.8, 4) is 0 Å². The van der Waals surface area contributed by atoms with Gasteiger partial charge in [0.05, 0.1) is 5.60 Å². The van der Waals surface area contributed by atoms with Crippen LogP contribution in [0.5, 0.6) is 0 Å². The average Bonchev–Trinajstić information content (AvgIpc) is 2.27. The van der Waals surface area contributed by atoms with E-state index in [4.69, 9.17) is 4.74 Å². The Hall–Kier alpha value is -0.860. The van der Waals surface area contributed by atoms with Gasteiger partial charge in [-0.15, -0.1) is 0 Å². The Labute approximate surface area is 109 Å². The van der Waals surface area contributed by atoms with Gasteiger partial charge < -0.3 is 9.84 Å². The normalized spacial score (nSPS) is 24.1. The van der Waals surface area contributed by atoms with Crippen molar-refractivity contribution in [2.75, 3.05) is 7.11 Å². The molecule has 2 heteroatoms. The lowest BCUT2D eigenvalue weighted by atomic mass is 9.73. The van der Waals surface area contributed by atoms with E-state index in [-0.39, 0.29) is 5.60 Å². The zero-order valence-corrected chi connectivity index (χ0v) is 11.1. The molecular formula is C16H22O2. The fraction of sp³-hybridized carbons (Fsp3) is 0.625. The molecule has 1 unspecified atom stereocenters. The smallest absolute Gasteiger partial charge is 0.108 e. The van der Waals surface area contributed by atoms with Gasteiger partial charge in [-0.1, -0.05) is 30.7 Å². The van der Waals surface area contributed by atoms with Crippen LogP contribution in [-0.4, -0.2) is 17.8 Å². The minimum absolute atomic E-state index is 0.321. The summed E-state index contributed by atoms with van der Waals surface area (Å²) in [7, 11) is 1.71. The van der Waals surface area contributed by atoms with Crippen LogP contribution in [0.15, 0.2) is 24.3 Å². The first-order valence-corrected chi connectivity index (χ1v) is 7.08. The summed E-state index contributed by atoms with van der Waals surface area (Å²) in [6.07, 6.45) is 6.62. The second kappa shape index (κ2) is 4.67. The highest BCUT2D eigenvalue weighted by Gasteiger charge is 2.44. The zero-order chi connectivity index (χ0) is 12.6. The molecule has 0 bridgehead atoms. The minimum Gasteiger partial charge on any atom is -0.385 e. The van der Waals surface area contributed by atoms with E-state index in [1.165, 1.54) is 24.8 Å². The summed E-state index contributed by atoms with van der Waals surface area (Å²) >= 11 is 0. The van der Waals surface area contributed by atoms with Gasteiger partial charge in [0.1, 0.15) is 6.10 Å². The zero-order valence-electron chi connectivity index (χ0n) is 11.1. The van der Waals surface area contributed by atoms with Crippen molar-refractivity contribution >= 4 is 0 Å². The summed E-state index contributed by atoms with van der Waals surface area (Å²) in [5.74, 6) is 0.760. The van der Waals surface area contributed by atoms with E-state index in [9.17, 15) is 5.11 Å². The molecule has 0 saturated heterocycles. The predicted molar refractivity (Wildman–Crippen MR) is 71.6 cm³/mol. The lowest BCUT2D eigenvalue weighted by molar-refractivity contribution is -0.151. The van der Waals surface area contributed by atoms with Crippen LogP contribution in [0.1, 0.15) is 61.7 Å². The van der Waals surface area contributed by atoms with Gasteiger partial charge in [0, 0.05) is 7.11 Å². The Balaban J connectivity index is 1.75. The Morgan fingerprint density at radius 2 is 1.83 bits per heavy atom. The summed E-state index contributed by atoms with van der Waals surface area (Å²) in [5, 5.41) is 10.5. The van der Waals surface area contributed by atoms with E-state index < -0.39 is 6.10 Å². The third-order valence-electron chi connectivity index (χ3n) is 4.93. The maximum absolute atomic E-state index is 10.5.